The van der Waals surface area contributed by atoms with Crippen molar-refractivity contribution in [3.05, 3.63) is 41.5 Å². The third-order valence-corrected chi connectivity index (χ3v) is 2.44. The molecule has 0 aromatic heterocycles. The van der Waals surface area contributed by atoms with Crippen LogP contribution in [0.4, 0.5) is 13.2 Å². The predicted octanol–water partition coefficient (Wildman–Crippen LogP) is 1.97. The largest absolute Gasteiger partial charge is 0.416 e. The van der Waals surface area contributed by atoms with E-state index in [0.717, 1.165) is 18.2 Å². The van der Waals surface area contributed by atoms with E-state index in [0.29, 0.717) is 6.54 Å². The molecule has 0 bridgehead atoms. The van der Waals surface area contributed by atoms with E-state index < -0.39 is 17.6 Å². The van der Waals surface area contributed by atoms with Crippen molar-refractivity contribution in [2.45, 2.75) is 13.1 Å². The summed E-state index contributed by atoms with van der Waals surface area (Å²) in [4.78, 5) is 22.0. The second kappa shape index (κ2) is 7.47. The van der Waals surface area contributed by atoms with Crippen LogP contribution in [0, 0.1) is 0 Å². The van der Waals surface area contributed by atoms with Crippen LogP contribution in [-0.4, -0.2) is 24.9 Å². The Morgan fingerprint density at radius 1 is 1.19 bits per heavy atom. The first-order valence-corrected chi connectivity index (χ1v) is 6.16. The second-order valence-corrected chi connectivity index (χ2v) is 4.23. The van der Waals surface area contributed by atoms with Crippen LogP contribution in [0.1, 0.15) is 18.1 Å². The zero-order chi connectivity index (χ0) is 15.9. The summed E-state index contributed by atoms with van der Waals surface area (Å²) in [5.41, 5.74) is -0.488. The summed E-state index contributed by atoms with van der Waals surface area (Å²) in [6.07, 6.45) is -1.98. The lowest BCUT2D eigenvalue weighted by Gasteiger charge is -2.06. The van der Waals surface area contributed by atoms with Crippen LogP contribution in [0.2, 0.25) is 0 Å². The number of hydrogen-bond acceptors (Lipinski definition) is 2. The molecule has 0 saturated carbocycles. The van der Waals surface area contributed by atoms with Gasteiger partial charge in [0.1, 0.15) is 0 Å². The zero-order valence-electron chi connectivity index (χ0n) is 11.3. The number of alkyl halides is 3. The fourth-order valence-corrected chi connectivity index (χ4v) is 1.47. The Hall–Kier alpha value is -2.31. The molecule has 0 fully saturated rings. The van der Waals surface area contributed by atoms with Gasteiger partial charge < -0.3 is 10.6 Å². The maximum absolute atomic E-state index is 12.5. The minimum atomic E-state index is -4.41. The molecule has 0 atom stereocenters. The van der Waals surface area contributed by atoms with Crippen molar-refractivity contribution in [3.8, 4) is 0 Å². The monoisotopic (exact) mass is 300 g/mol. The van der Waals surface area contributed by atoms with Gasteiger partial charge in [0.05, 0.1) is 5.56 Å². The van der Waals surface area contributed by atoms with E-state index in [4.69, 9.17) is 0 Å². The summed E-state index contributed by atoms with van der Waals surface area (Å²) in [6.45, 7) is 1.89. The first-order valence-electron chi connectivity index (χ1n) is 6.16. The van der Waals surface area contributed by atoms with Crippen molar-refractivity contribution in [1.82, 2.24) is 10.6 Å². The molecule has 0 heterocycles. The van der Waals surface area contributed by atoms with Gasteiger partial charge in [-0.3, -0.25) is 9.59 Å². The lowest BCUT2D eigenvalue weighted by atomic mass is 10.1. The van der Waals surface area contributed by atoms with Gasteiger partial charge in [0.2, 0.25) is 11.8 Å². The molecule has 114 valence electrons. The SMILES string of the molecule is CC(=O)NCCNC(=O)/C=C/c1cccc(C(F)(F)F)c1. The third kappa shape index (κ3) is 6.60. The van der Waals surface area contributed by atoms with Crippen LogP contribution in [0.5, 0.6) is 0 Å². The number of halogens is 3. The van der Waals surface area contributed by atoms with E-state index in [-0.39, 0.29) is 18.0 Å². The normalized spacial score (nSPS) is 11.4. The number of benzene rings is 1. The van der Waals surface area contributed by atoms with Gasteiger partial charge in [-0.1, -0.05) is 12.1 Å². The Morgan fingerprint density at radius 2 is 1.86 bits per heavy atom. The molecule has 0 aliphatic heterocycles. The van der Waals surface area contributed by atoms with Crippen molar-refractivity contribution in [1.29, 1.82) is 0 Å². The van der Waals surface area contributed by atoms with Crippen molar-refractivity contribution in [2.24, 2.45) is 0 Å². The predicted molar refractivity (Wildman–Crippen MR) is 72.2 cm³/mol. The van der Waals surface area contributed by atoms with Gasteiger partial charge in [-0.25, -0.2) is 0 Å². The zero-order valence-corrected chi connectivity index (χ0v) is 11.3. The van der Waals surface area contributed by atoms with Crippen LogP contribution >= 0.6 is 0 Å². The van der Waals surface area contributed by atoms with Crippen molar-refractivity contribution >= 4 is 17.9 Å². The molecule has 0 radical (unpaired) electrons. The minimum absolute atomic E-state index is 0.205. The highest BCUT2D eigenvalue weighted by molar-refractivity contribution is 5.91. The molecule has 21 heavy (non-hydrogen) atoms. The topological polar surface area (TPSA) is 58.2 Å². The molecule has 1 aromatic rings. The summed E-state index contributed by atoms with van der Waals surface area (Å²) < 4.78 is 37.5. The Kier molecular flexibility index (Phi) is 5.95. The lowest BCUT2D eigenvalue weighted by Crippen LogP contribution is -2.32. The van der Waals surface area contributed by atoms with E-state index in [2.05, 4.69) is 10.6 Å². The quantitative estimate of drug-likeness (QED) is 0.645. The van der Waals surface area contributed by atoms with Crippen LogP contribution in [-0.2, 0) is 15.8 Å². The summed E-state index contributed by atoms with van der Waals surface area (Å²) in [7, 11) is 0. The Morgan fingerprint density at radius 3 is 2.48 bits per heavy atom. The molecule has 2 N–H and O–H groups in total. The first-order chi connectivity index (χ1) is 9.79. The van der Waals surface area contributed by atoms with Gasteiger partial charge in [0.25, 0.3) is 0 Å². The fraction of sp³-hybridized carbons (Fsp3) is 0.286. The van der Waals surface area contributed by atoms with Gasteiger partial charge >= 0.3 is 6.18 Å². The second-order valence-electron chi connectivity index (χ2n) is 4.23. The van der Waals surface area contributed by atoms with Crippen molar-refractivity contribution < 1.29 is 22.8 Å². The minimum Gasteiger partial charge on any atom is -0.355 e. The average Bonchev–Trinajstić information content (AvgIpc) is 2.40. The summed E-state index contributed by atoms with van der Waals surface area (Å²) in [6, 6.07) is 4.67. The van der Waals surface area contributed by atoms with E-state index in [1.54, 1.807) is 0 Å². The van der Waals surface area contributed by atoms with Crippen molar-refractivity contribution in [2.75, 3.05) is 13.1 Å². The molecular formula is C14H15F3N2O2. The molecule has 0 saturated heterocycles. The van der Waals surface area contributed by atoms with Crippen LogP contribution in [0.15, 0.2) is 30.3 Å². The highest BCUT2D eigenvalue weighted by atomic mass is 19.4. The molecule has 0 aliphatic rings. The van der Waals surface area contributed by atoms with Gasteiger partial charge in [0.15, 0.2) is 0 Å². The molecular weight excluding hydrogens is 285 g/mol. The van der Waals surface area contributed by atoms with Crippen LogP contribution in [0.25, 0.3) is 6.08 Å². The van der Waals surface area contributed by atoms with Gasteiger partial charge in [-0.15, -0.1) is 0 Å². The molecule has 1 aromatic carbocycles. The van der Waals surface area contributed by atoms with E-state index >= 15 is 0 Å². The van der Waals surface area contributed by atoms with Gasteiger partial charge in [0, 0.05) is 26.1 Å². The number of carbonyl (C=O) groups is 2. The molecule has 1 rings (SSSR count). The smallest absolute Gasteiger partial charge is 0.355 e. The number of carbonyl (C=O) groups excluding carboxylic acids is 2. The summed E-state index contributed by atoms with van der Waals surface area (Å²) in [5.74, 6) is -0.651. The first kappa shape index (κ1) is 16.7. The third-order valence-electron chi connectivity index (χ3n) is 2.44. The Bertz CT molecular complexity index is 539. The maximum Gasteiger partial charge on any atom is 0.416 e. The molecule has 0 aliphatic carbocycles. The lowest BCUT2D eigenvalue weighted by molar-refractivity contribution is -0.137. The van der Waals surface area contributed by atoms with Gasteiger partial charge in [-0.05, 0) is 23.8 Å². The number of amides is 2. The maximum atomic E-state index is 12.5. The number of hydrogen-bond donors (Lipinski definition) is 2. The van der Waals surface area contributed by atoms with Crippen LogP contribution < -0.4 is 10.6 Å². The average molecular weight is 300 g/mol. The number of nitrogens with one attached hydrogen (secondary N) is 2. The molecule has 7 heteroatoms. The van der Waals surface area contributed by atoms with Crippen molar-refractivity contribution in [3.63, 3.8) is 0 Å². The highest BCUT2D eigenvalue weighted by Gasteiger charge is 2.30. The summed E-state index contributed by atoms with van der Waals surface area (Å²) >= 11 is 0. The summed E-state index contributed by atoms with van der Waals surface area (Å²) in [5, 5.41) is 4.99. The number of rotatable bonds is 5. The van der Waals surface area contributed by atoms with E-state index in [9.17, 15) is 22.8 Å². The molecule has 0 unspecified atom stereocenters. The van der Waals surface area contributed by atoms with E-state index in [1.165, 1.54) is 25.1 Å². The fourth-order valence-electron chi connectivity index (χ4n) is 1.47. The molecule has 4 nitrogen and oxygen atoms in total. The molecule has 2 amide bonds. The molecule has 0 spiro atoms. The Labute approximate surface area is 120 Å². The van der Waals surface area contributed by atoms with E-state index in [1.807, 2.05) is 0 Å². The van der Waals surface area contributed by atoms with Crippen LogP contribution in [0.3, 0.4) is 0 Å². The Balaban J connectivity index is 2.52. The highest BCUT2D eigenvalue weighted by Crippen LogP contribution is 2.29. The standard InChI is InChI=1S/C14H15F3N2O2/c1-10(20)18-7-8-19-13(21)6-5-11-3-2-4-12(9-11)14(15,16)17/h2-6,9H,7-8H2,1H3,(H,18,20)(H,19,21)/b6-5+. The van der Waals surface area contributed by atoms with Gasteiger partial charge in [-0.2, -0.15) is 13.2 Å².